The Kier molecular flexibility index (Phi) is 1.67. The van der Waals surface area contributed by atoms with Crippen LogP contribution in [0.5, 0.6) is 0 Å². The van der Waals surface area contributed by atoms with Crippen molar-refractivity contribution < 1.29 is 5.11 Å². The molecule has 12 heavy (non-hydrogen) atoms. The van der Waals surface area contributed by atoms with Gasteiger partial charge in [0.05, 0.1) is 0 Å². The monoisotopic (exact) mass is 163 g/mol. The Balaban J connectivity index is 2.49. The smallest absolute Gasteiger partial charge is 0.102 e. The highest BCUT2D eigenvalue weighted by molar-refractivity contribution is 5.37. The first-order valence-electron chi connectivity index (χ1n) is 4.27. The summed E-state index contributed by atoms with van der Waals surface area (Å²) in [4.78, 5) is 0. The molecule has 2 nitrogen and oxygen atoms in total. The van der Waals surface area contributed by atoms with Crippen molar-refractivity contribution in [3.05, 3.63) is 35.4 Å². The second kappa shape index (κ2) is 2.57. The fraction of sp³-hybridized carbons (Fsp3) is 0.400. The molecule has 0 spiro atoms. The maximum atomic E-state index is 10.0. The van der Waals surface area contributed by atoms with Crippen LogP contribution in [0.2, 0.25) is 0 Å². The standard InChI is InChI=1S/C10H13NO/c11-7-10(12)6-5-8-3-1-2-4-9(8)10/h1-4,12H,5-7,11H2. The van der Waals surface area contributed by atoms with Crippen LogP contribution in [0.25, 0.3) is 0 Å². The van der Waals surface area contributed by atoms with Gasteiger partial charge in [-0.2, -0.15) is 0 Å². The van der Waals surface area contributed by atoms with Crippen LogP contribution in [-0.4, -0.2) is 11.7 Å². The SMILES string of the molecule is NCC1(O)CCc2ccccc21. The van der Waals surface area contributed by atoms with E-state index in [4.69, 9.17) is 5.73 Å². The Labute approximate surface area is 72.0 Å². The second-order valence-electron chi connectivity index (χ2n) is 3.39. The van der Waals surface area contributed by atoms with Crippen LogP contribution in [0.3, 0.4) is 0 Å². The molecular formula is C10H13NO. The Morgan fingerprint density at radius 1 is 1.42 bits per heavy atom. The van der Waals surface area contributed by atoms with Crippen LogP contribution in [0.4, 0.5) is 0 Å². The molecule has 0 heterocycles. The summed E-state index contributed by atoms with van der Waals surface area (Å²) in [6, 6.07) is 7.98. The number of aryl methyl sites for hydroxylation is 1. The number of benzene rings is 1. The van der Waals surface area contributed by atoms with Gasteiger partial charge in [-0.25, -0.2) is 0 Å². The average molecular weight is 163 g/mol. The van der Waals surface area contributed by atoms with Crippen LogP contribution in [0.1, 0.15) is 17.5 Å². The lowest BCUT2D eigenvalue weighted by Crippen LogP contribution is -2.32. The van der Waals surface area contributed by atoms with Gasteiger partial charge in [0.2, 0.25) is 0 Å². The molecular weight excluding hydrogens is 150 g/mol. The third kappa shape index (κ3) is 0.958. The van der Waals surface area contributed by atoms with Gasteiger partial charge in [-0.15, -0.1) is 0 Å². The first kappa shape index (κ1) is 7.77. The van der Waals surface area contributed by atoms with E-state index in [9.17, 15) is 5.11 Å². The lowest BCUT2D eigenvalue weighted by molar-refractivity contribution is 0.0481. The summed E-state index contributed by atoms with van der Waals surface area (Å²) in [5.41, 5.74) is 7.04. The van der Waals surface area contributed by atoms with E-state index in [0.29, 0.717) is 6.54 Å². The molecule has 3 N–H and O–H groups in total. The Hall–Kier alpha value is -0.860. The van der Waals surface area contributed by atoms with Crippen molar-refractivity contribution in [3.63, 3.8) is 0 Å². The number of hydrogen-bond donors (Lipinski definition) is 2. The van der Waals surface area contributed by atoms with E-state index in [1.807, 2.05) is 18.2 Å². The first-order valence-corrected chi connectivity index (χ1v) is 4.27. The summed E-state index contributed by atoms with van der Waals surface area (Å²) < 4.78 is 0. The van der Waals surface area contributed by atoms with E-state index in [1.165, 1.54) is 5.56 Å². The van der Waals surface area contributed by atoms with Gasteiger partial charge in [-0.3, -0.25) is 0 Å². The molecule has 0 saturated heterocycles. The fourth-order valence-corrected chi connectivity index (χ4v) is 1.88. The second-order valence-corrected chi connectivity index (χ2v) is 3.39. The van der Waals surface area contributed by atoms with Crippen molar-refractivity contribution >= 4 is 0 Å². The van der Waals surface area contributed by atoms with Crippen LogP contribution in [0, 0.1) is 0 Å². The van der Waals surface area contributed by atoms with E-state index in [-0.39, 0.29) is 0 Å². The normalized spacial score (nSPS) is 27.2. The number of hydrogen-bond acceptors (Lipinski definition) is 2. The van der Waals surface area contributed by atoms with E-state index in [2.05, 4.69) is 6.07 Å². The molecule has 1 aliphatic rings. The molecule has 0 radical (unpaired) electrons. The summed E-state index contributed by atoms with van der Waals surface area (Å²) in [6.07, 6.45) is 1.72. The zero-order chi connectivity index (χ0) is 8.60. The quantitative estimate of drug-likeness (QED) is 0.642. The molecule has 0 aliphatic heterocycles. The van der Waals surface area contributed by atoms with Crippen molar-refractivity contribution in [1.29, 1.82) is 0 Å². The third-order valence-electron chi connectivity index (χ3n) is 2.66. The molecule has 1 atom stereocenters. The van der Waals surface area contributed by atoms with Crippen LogP contribution in [0.15, 0.2) is 24.3 Å². The van der Waals surface area contributed by atoms with Gasteiger partial charge >= 0.3 is 0 Å². The third-order valence-corrected chi connectivity index (χ3v) is 2.66. The zero-order valence-corrected chi connectivity index (χ0v) is 6.96. The van der Waals surface area contributed by atoms with Gasteiger partial charge in [0.1, 0.15) is 5.60 Å². The summed E-state index contributed by atoms with van der Waals surface area (Å²) >= 11 is 0. The Bertz CT molecular complexity index is 298. The van der Waals surface area contributed by atoms with Gasteiger partial charge < -0.3 is 10.8 Å². The van der Waals surface area contributed by atoms with Gasteiger partial charge in [-0.1, -0.05) is 24.3 Å². The van der Waals surface area contributed by atoms with E-state index in [1.54, 1.807) is 0 Å². The van der Waals surface area contributed by atoms with Gasteiger partial charge in [0.15, 0.2) is 0 Å². The molecule has 1 unspecified atom stereocenters. The molecule has 2 heteroatoms. The summed E-state index contributed by atoms with van der Waals surface area (Å²) in [6.45, 7) is 0.323. The van der Waals surface area contributed by atoms with Gasteiger partial charge in [-0.05, 0) is 24.0 Å². The molecule has 0 saturated carbocycles. The van der Waals surface area contributed by atoms with Crippen molar-refractivity contribution in [1.82, 2.24) is 0 Å². The highest BCUT2D eigenvalue weighted by Gasteiger charge is 2.34. The largest absolute Gasteiger partial charge is 0.384 e. The van der Waals surface area contributed by atoms with Crippen molar-refractivity contribution in [2.24, 2.45) is 5.73 Å². The van der Waals surface area contributed by atoms with Crippen molar-refractivity contribution in [3.8, 4) is 0 Å². The summed E-state index contributed by atoms with van der Waals surface area (Å²) in [5.74, 6) is 0. The fourth-order valence-electron chi connectivity index (χ4n) is 1.88. The Morgan fingerprint density at radius 2 is 2.17 bits per heavy atom. The van der Waals surface area contributed by atoms with Crippen molar-refractivity contribution in [2.75, 3.05) is 6.54 Å². The van der Waals surface area contributed by atoms with Gasteiger partial charge in [0, 0.05) is 6.54 Å². The minimum Gasteiger partial charge on any atom is -0.384 e. The maximum Gasteiger partial charge on any atom is 0.102 e. The predicted octanol–water partition coefficient (Wildman–Crippen LogP) is 0.779. The molecule has 1 aromatic carbocycles. The number of aliphatic hydroxyl groups is 1. The lowest BCUT2D eigenvalue weighted by atomic mass is 9.96. The van der Waals surface area contributed by atoms with E-state index >= 15 is 0 Å². The zero-order valence-electron chi connectivity index (χ0n) is 6.96. The highest BCUT2D eigenvalue weighted by Crippen LogP contribution is 2.35. The number of nitrogens with two attached hydrogens (primary N) is 1. The molecule has 1 aromatic rings. The first-order chi connectivity index (χ1) is 5.76. The van der Waals surface area contributed by atoms with Crippen molar-refractivity contribution in [2.45, 2.75) is 18.4 Å². The van der Waals surface area contributed by atoms with E-state index in [0.717, 1.165) is 18.4 Å². The molecule has 0 bridgehead atoms. The molecule has 1 aliphatic carbocycles. The number of rotatable bonds is 1. The van der Waals surface area contributed by atoms with Crippen LogP contribution >= 0.6 is 0 Å². The van der Waals surface area contributed by atoms with E-state index < -0.39 is 5.60 Å². The van der Waals surface area contributed by atoms with Crippen LogP contribution in [-0.2, 0) is 12.0 Å². The Morgan fingerprint density at radius 3 is 2.92 bits per heavy atom. The summed E-state index contributed by atoms with van der Waals surface area (Å²) in [5, 5.41) is 10.0. The molecule has 0 amide bonds. The average Bonchev–Trinajstić information content (AvgIpc) is 2.46. The molecule has 0 fully saturated rings. The molecule has 64 valence electrons. The minimum absolute atomic E-state index is 0.323. The summed E-state index contributed by atoms with van der Waals surface area (Å²) in [7, 11) is 0. The molecule has 0 aromatic heterocycles. The number of fused-ring (bicyclic) bond motifs is 1. The molecule has 2 rings (SSSR count). The highest BCUT2D eigenvalue weighted by atomic mass is 16.3. The van der Waals surface area contributed by atoms with Crippen LogP contribution < -0.4 is 5.73 Å². The minimum atomic E-state index is -0.753. The predicted molar refractivity (Wildman–Crippen MR) is 47.7 cm³/mol. The topological polar surface area (TPSA) is 46.2 Å². The maximum absolute atomic E-state index is 10.0. The lowest BCUT2D eigenvalue weighted by Gasteiger charge is -2.21. The van der Waals surface area contributed by atoms with Gasteiger partial charge in [0.25, 0.3) is 0 Å².